The van der Waals surface area contributed by atoms with Crippen LogP contribution in [0.15, 0.2) is 27.7 Å². The van der Waals surface area contributed by atoms with Crippen LogP contribution in [-0.2, 0) is 23.6 Å². The maximum Gasteiger partial charge on any atom is 0.243 e. The number of anilines is 1. The molecule has 0 aliphatic carbocycles. The van der Waals surface area contributed by atoms with Crippen LogP contribution in [0.25, 0.3) is 0 Å². The molecule has 6 nitrogen and oxygen atoms in total. The van der Waals surface area contributed by atoms with Crippen molar-refractivity contribution in [2.45, 2.75) is 11.4 Å². The lowest BCUT2D eigenvalue weighted by Gasteiger charge is -2.10. The van der Waals surface area contributed by atoms with Crippen molar-refractivity contribution in [1.29, 1.82) is 0 Å². The highest BCUT2D eigenvalue weighted by molar-refractivity contribution is 9.10. The van der Waals surface area contributed by atoms with Gasteiger partial charge in [0.2, 0.25) is 10.0 Å². The zero-order valence-electron chi connectivity index (χ0n) is 10.8. The molecule has 3 N–H and O–H groups in total. The minimum atomic E-state index is -3.87. The van der Waals surface area contributed by atoms with E-state index >= 15 is 0 Å². The van der Waals surface area contributed by atoms with Crippen LogP contribution >= 0.6 is 39.1 Å². The first-order valence-electron chi connectivity index (χ1n) is 5.63. The summed E-state index contributed by atoms with van der Waals surface area (Å²) in [6, 6.07) is 2.92. The molecule has 0 atom stereocenters. The Morgan fingerprint density at radius 2 is 1.95 bits per heavy atom. The molecule has 1 heterocycles. The Kier molecular flexibility index (Phi) is 4.84. The Balaban J connectivity index is 2.29. The molecule has 0 amide bonds. The van der Waals surface area contributed by atoms with E-state index in [0.29, 0.717) is 15.9 Å². The van der Waals surface area contributed by atoms with E-state index in [2.05, 4.69) is 25.8 Å². The van der Waals surface area contributed by atoms with E-state index in [4.69, 9.17) is 28.9 Å². The highest BCUT2D eigenvalue weighted by atomic mass is 79.9. The SMILES string of the molecule is Cn1ncc(CNS(=O)(=O)c2c(Cl)cc(Br)cc2Cl)c1N. The first-order chi connectivity index (χ1) is 9.72. The maximum absolute atomic E-state index is 12.3. The van der Waals surface area contributed by atoms with Crippen molar-refractivity contribution in [1.82, 2.24) is 14.5 Å². The van der Waals surface area contributed by atoms with Crippen molar-refractivity contribution in [3.63, 3.8) is 0 Å². The van der Waals surface area contributed by atoms with E-state index in [1.54, 1.807) is 7.05 Å². The second-order valence-electron chi connectivity index (χ2n) is 4.20. The number of aryl methyl sites for hydroxylation is 1. The topological polar surface area (TPSA) is 90.0 Å². The molecule has 2 rings (SSSR count). The molecule has 0 fully saturated rings. The summed E-state index contributed by atoms with van der Waals surface area (Å²) in [5.41, 5.74) is 6.32. The number of rotatable bonds is 4. The number of halogens is 3. The number of nitrogens with one attached hydrogen (secondary N) is 1. The smallest absolute Gasteiger partial charge is 0.243 e. The molecule has 114 valence electrons. The van der Waals surface area contributed by atoms with E-state index in [1.165, 1.54) is 23.0 Å². The Hall–Kier alpha value is -0.800. The standard InChI is InChI=1S/C11H11BrCl2N4O2S/c1-18-11(15)6(4-16-18)5-17-21(19,20)10-8(13)2-7(12)3-9(10)14/h2-4,17H,5,15H2,1H3. The predicted molar refractivity (Wildman–Crippen MR) is 85.8 cm³/mol. The molecule has 0 aliphatic heterocycles. The van der Waals surface area contributed by atoms with Gasteiger partial charge in [-0.15, -0.1) is 0 Å². The van der Waals surface area contributed by atoms with Crippen molar-refractivity contribution in [2.24, 2.45) is 7.05 Å². The van der Waals surface area contributed by atoms with Crippen molar-refractivity contribution in [3.05, 3.63) is 38.4 Å². The van der Waals surface area contributed by atoms with Gasteiger partial charge in [-0.2, -0.15) is 5.10 Å². The fraction of sp³-hybridized carbons (Fsp3) is 0.182. The van der Waals surface area contributed by atoms with E-state index in [1.807, 2.05) is 0 Å². The number of nitrogens with two attached hydrogens (primary N) is 1. The lowest BCUT2D eigenvalue weighted by atomic mass is 10.3. The lowest BCUT2D eigenvalue weighted by Crippen LogP contribution is -2.24. The summed E-state index contributed by atoms with van der Waals surface area (Å²) in [4.78, 5) is -0.170. The summed E-state index contributed by atoms with van der Waals surface area (Å²) in [7, 11) is -2.21. The number of benzene rings is 1. The zero-order valence-corrected chi connectivity index (χ0v) is 14.7. The Labute approximate surface area is 140 Å². The van der Waals surface area contributed by atoms with Crippen LogP contribution in [-0.4, -0.2) is 18.2 Å². The summed E-state index contributed by atoms with van der Waals surface area (Å²) in [5.74, 6) is 0.380. The summed E-state index contributed by atoms with van der Waals surface area (Å²) in [5, 5.41) is 3.99. The predicted octanol–water partition coefficient (Wildman–Crippen LogP) is 2.55. The quantitative estimate of drug-likeness (QED) is 0.805. The van der Waals surface area contributed by atoms with Gasteiger partial charge in [0.25, 0.3) is 0 Å². The second-order valence-corrected chi connectivity index (χ2v) is 7.64. The van der Waals surface area contributed by atoms with Gasteiger partial charge in [-0.05, 0) is 12.1 Å². The van der Waals surface area contributed by atoms with Crippen LogP contribution in [0, 0.1) is 0 Å². The summed E-state index contributed by atoms with van der Waals surface area (Å²) < 4.78 is 29.1. The molecule has 0 spiro atoms. The van der Waals surface area contributed by atoms with E-state index in [0.717, 1.165) is 0 Å². The third-order valence-electron chi connectivity index (χ3n) is 2.75. The molecule has 2 aromatic rings. The molecule has 0 bridgehead atoms. The van der Waals surface area contributed by atoms with Gasteiger partial charge in [0, 0.05) is 23.6 Å². The number of hydrogen-bond acceptors (Lipinski definition) is 4. The molecular weight excluding hydrogens is 403 g/mol. The second kappa shape index (κ2) is 6.13. The highest BCUT2D eigenvalue weighted by Gasteiger charge is 2.22. The van der Waals surface area contributed by atoms with Crippen LogP contribution in [0.5, 0.6) is 0 Å². The Morgan fingerprint density at radius 1 is 1.38 bits per heavy atom. The van der Waals surface area contributed by atoms with Gasteiger partial charge in [0.1, 0.15) is 10.7 Å². The number of nitrogens with zero attached hydrogens (tertiary/aromatic N) is 2. The van der Waals surface area contributed by atoms with Crippen LogP contribution < -0.4 is 10.5 Å². The monoisotopic (exact) mass is 412 g/mol. The first kappa shape index (κ1) is 16.6. The number of hydrogen-bond donors (Lipinski definition) is 2. The largest absolute Gasteiger partial charge is 0.384 e. The van der Waals surface area contributed by atoms with E-state index in [-0.39, 0.29) is 21.5 Å². The minimum absolute atomic E-state index is 0.00920. The van der Waals surface area contributed by atoms with Gasteiger partial charge >= 0.3 is 0 Å². The Bertz CT molecular complexity index is 769. The molecular formula is C11H11BrCl2N4O2S. The fourth-order valence-corrected chi connectivity index (χ4v) is 4.60. The minimum Gasteiger partial charge on any atom is -0.384 e. The van der Waals surface area contributed by atoms with Gasteiger partial charge in [0.05, 0.1) is 16.2 Å². The molecule has 0 unspecified atom stereocenters. The van der Waals surface area contributed by atoms with Crippen molar-refractivity contribution >= 4 is 55.0 Å². The maximum atomic E-state index is 12.3. The molecule has 0 aliphatic rings. The first-order valence-corrected chi connectivity index (χ1v) is 8.66. The van der Waals surface area contributed by atoms with Gasteiger partial charge < -0.3 is 5.73 Å². The zero-order chi connectivity index (χ0) is 15.8. The van der Waals surface area contributed by atoms with Gasteiger partial charge in [-0.1, -0.05) is 39.1 Å². The lowest BCUT2D eigenvalue weighted by molar-refractivity contribution is 0.581. The van der Waals surface area contributed by atoms with Crippen molar-refractivity contribution < 1.29 is 8.42 Å². The van der Waals surface area contributed by atoms with Crippen LogP contribution in [0.2, 0.25) is 10.0 Å². The highest BCUT2D eigenvalue weighted by Crippen LogP contribution is 2.32. The van der Waals surface area contributed by atoms with E-state index in [9.17, 15) is 8.42 Å². The fourth-order valence-electron chi connectivity index (χ4n) is 1.66. The van der Waals surface area contributed by atoms with Crippen LogP contribution in [0.3, 0.4) is 0 Å². The van der Waals surface area contributed by atoms with Gasteiger partial charge in [-0.3, -0.25) is 4.68 Å². The van der Waals surface area contributed by atoms with Crippen molar-refractivity contribution in [2.75, 3.05) is 5.73 Å². The normalized spacial score (nSPS) is 11.8. The average Bonchev–Trinajstić information content (AvgIpc) is 2.66. The molecule has 10 heteroatoms. The Morgan fingerprint density at radius 3 is 2.43 bits per heavy atom. The van der Waals surface area contributed by atoms with Crippen molar-refractivity contribution in [3.8, 4) is 0 Å². The summed E-state index contributed by atoms with van der Waals surface area (Å²) in [6.07, 6.45) is 1.49. The number of sulfonamides is 1. The molecule has 1 aromatic carbocycles. The van der Waals surface area contributed by atoms with Crippen LogP contribution in [0.4, 0.5) is 5.82 Å². The van der Waals surface area contributed by atoms with Crippen LogP contribution in [0.1, 0.15) is 5.56 Å². The third-order valence-corrected chi connectivity index (χ3v) is 5.53. The van der Waals surface area contributed by atoms with Gasteiger partial charge in [-0.25, -0.2) is 13.1 Å². The van der Waals surface area contributed by atoms with E-state index < -0.39 is 10.0 Å². The average molecular weight is 414 g/mol. The molecule has 0 radical (unpaired) electrons. The molecule has 0 saturated carbocycles. The number of nitrogen functional groups attached to an aromatic ring is 1. The summed E-state index contributed by atoms with van der Waals surface area (Å²) in [6.45, 7) is -0.00920. The molecule has 1 aromatic heterocycles. The molecule has 0 saturated heterocycles. The summed E-state index contributed by atoms with van der Waals surface area (Å²) >= 11 is 15.1. The number of aromatic nitrogens is 2. The van der Waals surface area contributed by atoms with Gasteiger partial charge in [0.15, 0.2) is 0 Å². The molecule has 21 heavy (non-hydrogen) atoms. The third kappa shape index (κ3) is 3.51.